The van der Waals surface area contributed by atoms with Gasteiger partial charge in [-0.1, -0.05) is 47.1 Å². The number of rotatable bonds is 9. The molecule has 3 N–H and O–H groups in total. The van der Waals surface area contributed by atoms with E-state index in [0.717, 1.165) is 33.7 Å². The molecule has 3 heterocycles. The smallest absolute Gasteiger partial charge is 0.355 e. The van der Waals surface area contributed by atoms with Crippen molar-refractivity contribution in [1.82, 2.24) is 14.8 Å². The van der Waals surface area contributed by atoms with Gasteiger partial charge in [-0.25, -0.2) is 18.9 Å². The minimum absolute atomic E-state index is 0.0141. The lowest BCUT2D eigenvalue weighted by Crippen LogP contribution is -2.07. The van der Waals surface area contributed by atoms with Gasteiger partial charge in [-0.3, -0.25) is 0 Å². The number of benzene rings is 2. The number of halogens is 1. The first kappa shape index (κ1) is 29.1. The van der Waals surface area contributed by atoms with Crippen LogP contribution < -0.4 is 5.14 Å². The molecule has 1 aliphatic carbocycles. The Bertz CT molecular complexity index is 1930. The summed E-state index contributed by atoms with van der Waals surface area (Å²) in [6, 6.07) is 16.5. The van der Waals surface area contributed by atoms with Gasteiger partial charge in [0.15, 0.2) is 22.5 Å². The van der Waals surface area contributed by atoms with Crippen molar-refractivity contribution in [3.8, 4) is 28.2 Å². The molecule has 1 aliphatic rings. The van der Waals surface area contributed by atoms with Crippen molar-refractivity contribution in [2.24, 2.45) is 11.1 Å². The second-order valence-electron chi connectivity index (χ2n) is 10.5. The molecule has 6 rings (SSSR count). The first-order valence-corrected chi connectivity index (χ1v) is 16.8. The van der Waals surface area contributed by atoms with E-state index in [1.54, 1.807) is 22.1 Å². The third kappa shape index (κ3) is 6.68. The Labute approximate surface area is 258 Å². The fourth-order valence-corrected chi connectivity index (χ4v) is 6.94. The fraction of sp³-hybridized carbons (Fsp3) is 0.219. The van der Waals surface area contributed by atoms with Gasteiger partial charge in [0.1, 0.15) is 0 Å². The summed E-state index contributed by atoms with van der Waals surface area (Å²) in [5, 5.41) is 22.0. The van der Waals surface area contributed by atoms with Crippen LogP contribution in [0, 0.1) is 30.5 Å². The third-order valence-corrected chi connectivity index (χ3v) is 9.88. The van der Waals surface area contributed by atoms with Gasteiger partial charge in [0, 0.05) is 33.4 Å². The minimum Gasteiger partial charge on any atom is -0.476 e. The highest BCUT2D eigenvalue weighted by molar-refractivity contribution is 7.82. The summed E-state index contributed by atoms with van der Waals surface area (Å²) in [6.45, 7) is 2.05. The molecule has 1 saturated carbocycles. The number of aromatic nitrogens is 3. The molecule has 3 aromatic heterocycles. The average Bonchev–Trinajstić information content (AvgIpc) is 3.34. The summed E-state index contributed by atoms with van der Waals surface area (Å²) < 4.78 is 28.4. The second kappa shape index (κ2) is 12.3. The molecule has 0 bridgehead atoms. The Morgan fingerprint density at radius 2 is 2.02 bits per heavy atom. The summed E-state index contributed by atoms with van der Waals surface area (Å²) in [6.07, 6.45) is 4.40. The average molecular weight is 632 g/mol. The number of thiol groups is 1. The number of thiazole rings is 1. The van der Waals surface area contributed by atoms with Gasteiger partial charge in [-0.15, -0.1) is 27.8 Å². The number of hydrogen-bond donors (Lipinski definition) is 2. The molecule has 11 heteroatoms. The van der Waals surface area contributed by atoms with Gasteiger partial charge in [-0.05, 0) is 67.6 Å². The Morgan fingerprint density at radius 1 is 1.19 bits per heavy atom. The first-order valence-electron chi connectivity index (χ1n) is 13.7. The summed E-state index contributed by atoms with van der Waals surface area (Å²) in [5.74, 6) is 5.42. The van der Waals surface area contributed by atoms with E-state index in [9.17, 15) is 18.5 Å². The van der Waals surface area contributed by atoms with Crippen molar-refractivity contribution >= 4 is 39.6 Å². The summed E-state index contributed by atoms with van der Waals surface area (Å²) in [5.41, 5.74) is 4.81. The Balaban J connectivity index is 1.48. The molecule has 218 valence electrons. The summed E-state index contributed by atoms with van der Waals surface area (Å²) in [4.78, 5) is 18.2. The second-order valence-corrected chi connectivity index (χ2v) is 13.8. The Kier molecular flexibility index (Phi) is 8.36. The molecule has 0 spiro atoms. The van der Waals surface area contributed by atoms with Crippen molar-refractivity contribution in [2.45, 2.75) is 43.9 Å². The molecular weight excluding hydrogens is 604 g/mol. The van der Waals surface area contributed by atoms with Gasteiger partial charge in [0.05, 0.1) is 16.3 Å². The van der Waals surface area contributed by atoms with Crippen LogP contribution in [0.1, 0.15) is 61.9 Å². The molecule has 0 radical (unpaired) electrons. The van der Waals surface area contributed by atoms with Crippen molar-refractivity contribution in [3.63, 3.8) is 0 Å². The summed E-state index contributed by atoms with van der Waals surface area (Å²) in [7, 11) is -2.30. The zero-order chi connectivity index (χ0) is 30.1. The molecule has 7 nitrogen and oxygen atoms in total. The van der Waals surface area contributed by atoms with Crippen molar-refractivity contribution in [1.29, 1.82) is 0 Å². The number of nitrogens with two attached hydrogens (primary N) is 1. The molecule has 5 aromatic rings. The van der Waals surface area contributed by atoms with Gasteiger partial charge in [-0.2, -0.15) is 5.10 Å². The largest absolute Gasteiger partial charge is 0.476 e. The molecule has 1 unspecified atom stereocenters. The van der Waals surface area contributed by atoms with Crippen LogP contribution in [0.4, 0.5) is 4.39 Å². The van der Waals surface area contributed by atoms with Gasteiger partial charge in [0.25, 0.3) is 0 Å². The van der Waals surface area contributed by atoms with Crippen LogP contribution in [-0.2, 0) is 28.0 Å². The van der Waals surface area contributed by atoms with E-state index in [-0.39, 0.29) is 10.6 Å². The van der Waals surface area contributed by atoms with Crippen LogP contribution in [0.2, 0.25) is 0 Å². The molecule has 0 amide bonds. The van der Waals surface area contributed by atoms with E-state index in [1.165, 1.54) is 46.6 Å². The zero-order valence-corrected chi connectivity index (χ0v) is 25.7. The normalized spacial score (nSPS) is 13.5. The number of nitrogens with zero attached hydrogens (tertiary/aromatic N) is 3. The lowest BCUT2D eigenvalue weighted by Gasteiger charge is -2.09. The predicted octanol–water partition coefficient (Wildman–Crippen LogP) is 6.46. The van der Waals surface area contributed by atoms with E-state index in [0.29, 0.717) is 35.1 Å². The maximum atomic E-state index is 14.9. The molecule has 2 aromatic carbocycles. The van der Waals surface area contributed by atoms with Crippen LogP contribution >= 0.6 is 22.7 Å². The zero-order valence-electron chi connectivity index (χ0n) is 23.2. The van der Waals surface area contributed by atoms with E-state index < -0.39 is 22.8 Å². The van der Waals surface area contributed by atoms with Crippen LogP contribution in [0.25, 0.3) is 16.4 Å². The Morgan fingerprint density at radius 3 is 2.70 bits per heavy atom. The number of carboxylic acid groups (broad SMARTS) is 1. The van der Waals surface area contributed by atoms with E-state index in [4.69, 9.17) is 10.2 Å². The molecule has 1 atom stereocenters. The van der Waals surface area contributed by atoms with Crippen molar-refractivity contribution in [3.05, 3.63) is 104 Å². The highest BCUT2D eigenvalue weighted by Crippen LogP contribution is 2.37. The number of carboxylic acids is 1. The number of aryl methyl sites for hydroxylation is 1. The quantitative estimate of drug-likeness (QED) is 0.110. The number of thiophene rings is 1. The SMILES string of the molecule is Cc1ccc(C#Cc2cccc(-c3nn(-c4nc(C(=O)O)cs4)c(CCC4CC4)c3Cc3ccc([SH+](N)=O)c(F)c3)c2)s1. The van der Waals surface area contributed by atoms with Crippen LogP contribution in [0.5, 0.6) is 0 Å². The van der Waals surface area contributed by atoms with E-state index >= 15 is 0 Å². The Hall–Kier alpha value is -3.95. The molecular formula is C32H28FN4O3S3+. The number of carbonyl (C=O) groups is 1. The van der Waals surface area contributed by atoms with Gasteiger partial charge >= 0.3 is 5.97 Å². The van der Waals surface area contributed by atoms with Crippen molar-refractivity contribution < 1.29 is 18.5 Å². The lowest BCUT2D eigenvalue weighted by atomic mass is 9.96. The minimum atomic E-state index is -2.30. The van der Waals surface area contributed by atoms with Gasteiger partial charge in [0.2, 0.25) is 10.0 Å². The molecule has 43 heavy (non-hydrogen) atoms. The summed E-state index contributed by atoms with van der Waals surface area (Å²) >= 11 is 2.86. The fourth-order valence-electron chi connectivity index (χ4n) is 4.95. The first-order chi connectivity index (χ1) is 20.7. The molecule has 0 aliphatic heterocycles. The number of hydrogen-bond acceptors (Lipinski definition) is 6. The van der Waals surface area contributed by atoms with Gasteiger partial charge < -0.3 is 5.11 Å². The third-order valence-electron chi connectivity index (χ3n) is 7.31. The predicted molar refractivity (Wildman–Crippen MR) is 169 cm³/mol. The standard InChI is InChI=1S/C32H27FN4O3S3/c1-19-5-11-24(42-19)12-8-21-3-2-4-23(15-21)30-25(16-22-10-14-29(43(34)40)26(33)17-22)28(13-9-20-6-7-20)37(36-30)32-35-27(18-41-32)31(38)39/h2-5,10-11,14-15,17-18,20H,6-7,9,13,16H2,1H3,(H2,34,40)(H,38,39)/p+1. The molecule has 0 saturated heterocycles. The lowest BCUT2D eigenvalue weighted by molar-refractivity contribution is 0.0691. The van der Waals surface area contributed by atoms with E-state index in [2.05, 4.69) is 16.8 Å². The van der Waals surface area contributed by atoms with E-state index in [1.807, 2.05) is 43.3 Å². The van der Waals surface area contributed by atoms with Crippen molar-refractivity contribution in [2.75, 3.05) is 0 Å². The van der Waals surface area contributed by atoms with Crippen LogP contribution in [0.15, 0.2) is 64.9 Å². The molecule has 1 fully saturated rings. The highest BCUT2D eigenvalue weighted by atomic mass is 32.2. The highest BCUT2D eigenvalue weighted by Gasteiger charge is 2.27. The van der Waals surface area contributed by atoms with Crippen LogP contribution in [-0.4, -0.2) is 25.8 Å². The van der Waals surface area contributed by atoms with Crippen LogP contribution in [0.3, 0.4) is 0 Å². The maximum absolute atomic E-state index is 14.9. The maximum Gasteiger partial charge on any atom is 0.355 e. The topological polar surface area (TPSA) is 111 Å². The monoisotopic (exact) mass is 631 g/mol. The number of aromatic carboxylic acids is 1.